The molecule has 1 atom stereocenters. The van der Waals surface area contributed by atoms with E-state index < -0.39 is 0 Å². The Labute approximate surface area is 175 Å². The minimum atomic E-state index is -0.0263. The summed E-state index contributed by atoms with van der Waals surface area (Å²) in [6, 6.07) is 12.3. The van der Waals surface area contributed by atoms with Crippen LogP contribution in [0.5, 0.6) is 0 Å². The summed E-state index contributed by atoms with van der Waals surface area (Å²) < 4.78 is 2.17. The largest absolute Gasteiger partial charge is 0.325 e. The number of nitrogens with one attached hydrogen (secondary N) is 1. The predicted molar refractivity (Wildman–Crippen MR) is 116 cm³/mol. The summed E-state index contributed by atoms with van der Waals surface area (Å²) in [5.41, 5.74) is 3.07. The summed E-state index contributed by atoms with van der Waals surface area (Å²) in [4.78, 5) is 16.7. The molecule has 1 fully saturated rings. The number of hydrogen-bond acceptors (Lipinski definition) is 5. The van der Waals surface area contributed by atoms with Crippen LogP contribution in [0.4, 0.5) is 5.69 Å². The van der Waals surface area contributed by atoms with Gasteiger partial charge < -0.3 is 5.32 Å². The number of thioether (sulfide) groups is 1. The number of carbonyl (C=O) groups is 1. The molecule has 0 bridgehead atoms. The van der Waals surface area contributed by atoms with E-state index >= 15 is 0 Å². The highest BCUT2D eigenvalue weighted by Gasteiger charge is 2.30. The number of carbonyl (C=O) groups excluding carboxylic acids is 1. The number of rotatable bonds is 8. The van der Waals surface area contributed by atoms with Crippen LogP contribution in [0.25, 0.3) is 11.4 Å². The zero-order valence-corrected chi connectivity index (χ0v) is 17.5. The van der Waals surface area contributed by atoms with Gasteiger partial charge in [-0.2, -0.15) is 0 Å². The van der Waals surface area contributed by atoms with Gasteiger partial charge in [0.05, 0.1) is 5.75 Å². The molecule has 4 rings (SSSR count). The molecule has 0 aliphatic heterocycles. The highest BCUT2D eigenvalue weighted by molar-refractivity contribution is 7.99. The van der Waals surface area contributed by atoms with Crippen molar-refractivity contribution in [1.82, 2.24) is 19.7 Å². The van der Waals surface area contributed by atoms with E-state index in [9.17, 15) is 4.79 Å². The molecule has 150 valence electrons. The lowest BCUT2D eigenvalue weighted by Crippen LogP contribution is -2.16. The van der Waals surface area contributed by atoms with Crippen LogP contribution in [0.3, 0.4) is 0 Å². The molecule has 3 aromatic rings. The molecule has 2 heterocycles. The molecule has 6 nitrogen and oxygen atoms in total. The van der Waals surface area contributed by atoms with Crippen LogP contribution in [0.1, 0.15) is 50.6 Å². The molecule has 1 aromatic carbocycles. The minimum Gasteiger partial charge on any atom is -0.325 e. The Morgan fingerprint density at radius 1 is 1.21 bits per heavy atom. The molecule has 1 aliphatic rings. The average molecular weight is 408 g/mol. The summed E-state index contributed by atoms with van der Waals surface area (Å²) in [6.45, 7) is 4.34. The minimum absolute atomic E-state index is 0.0263. The molecule has 1 saturated carbocycles. The van der Waals surface area contributed by atoms with E-state index in [2.05, 4.69) is 45.0 Å². The van der Waals surface area contributed by atoms with E-state index in [1.165, 1.54) is 17.3 Å². The van der Waals surface area contributed by atoms with E-state index in [1.807, 2.05) is 30.3 Å². The summed E-state index contributed by atoms with van der Waals surface area (Å²) in [5, 5.41) is 12.6. The Bertz CT molecular complexity index is 984. The molecule has 2 aromatic heterocycles. The van der Waals surface area contributed by atoms with Gasteiger partial charge in [-0.05, 0) is 48.9 Å². The second-order valence-corrected chi connectivity index (χ2v) is 8.32. The second kappa shape index (κ2) is 8.78. The first-order valence-electron chi connectivity index (χ1n) is 10.0. The standard InChI is InChI=1S/C22H25N5OS/c1-3-15(2)18-6-4-5-7-19(18)24-20(28)14-29-22-26-25-21(27(22)17-8-9-17)16-10-12-23-13-11-16/h4-7,10-13,15,17H,3,8-9,14H2,1-2H3,(H,24,28)/t15-/m0/s1. The van der Waals surface area contributed by atoms with Crippen LogP contribution in [0.2, 0.25) is 0 Å². The third-order valence-electron chi connectivity index (χ3n) is 5.23. The van der Waals surface area contributed by atoms with Crippen LogP contribution in [0.15, 0.2) is 53.9 Å². The molecular weight excluding hydrogens is 382 g/mol. The van der Waals surface area contributed by atoms with Crippen molar-refractivity contribution in [2.24, 2.45) is 0 Å². The van der Waals surface area contributed by atoms with E-state index in [0.29, 0.717) is 17.7 Å². The Morgan fingerprint density at radius 3 is 2.69 bits per heavy atom. The van der Waals surface area contributed by atoms with Crippen molar-refractivity contribution in [1.29, 1.82) is 0 Å². The topological polar surface area (TPSA) is 72.7 Å². The van der Waals surface area contributed by atoms with Crippen molar-refractivity contribution in [3.05, 3.63) is 54.4 Å². The molecule has 7 heteroatoms. The van der Waals surface area contributed by atoms with Gasteiger partial charge in [0.1, 0.15) is 0 Å². The number of amides is 1. The van der Waals surface area contributed by atoms with Crippen molar-refractivity contribution >= 4 is 23.4 Å². The highest BCUT2D eigenvalue weighted by atomic mass is 32.2. The molecular formula is C22H25N5OS. The number of anilines is 1. The lowest BCUT2D eigenvalue weighted by atomic mass is 9.97. The highest BCUT2D eigenvalue weighted by Crippen LogP contribution is 2.41. The van der Waals surface area contributed by atoms with Gasteiger partial charge in [-0.15, -0.1) is 10.2 Å². The van der Waals surface area contributed by atoms with Gasteiger partial charge in [-0.3, -0.25) is 14.3 Å². The van der Waals surface area contributed by atoms with Crippen LogP contribution in [-0.2, 0) is 4.79 Å². The van der Waals surface area contributed by atoms with Gasteiger partial charge in [0.15, 0.2) is 11.0 Å². The number of pyridine rings is 1. The Hall–Kier alpha value is -2.67. The van der Waals surface area contributed by atoms with E-state index in [-0.39, 0.29) is 5.91 Å². The van der Waals surface area contributed by atoms with Crippen LogP contribution in [0, 0.1) is 0 Å². The molecule has 0 radical (unpaired) electrons. The fourth-order valence-corrected chi connectivity index (χ4v) is 4.12. The van der Waals surface area contributed by atoms with Gasteiger partial charge in [-0.25, -0.2) is 0 Å². The lowest BCUT2D eigenvalue weighted by molar-refractivity contribution is -0.113. The summed E-state index contributed by atoms with van der Waals surface area (Å²) in [5.74, 6) is 1.53. The number of para-hydroxylation sites is 1. The monoisotopic (exact) mass is 407 g/mol. The van der Waals surface area contributed by atoms with Crippen molar-refractivity contribution in [3.8, 4) is 11.4 Å². The normalized spacial score (nSPS) is 14.6. The number of benzene rings is 1. The zero-order valence-electron chi connectivity index (χ0n) is 16.7. The maximum atomic E-state index is 12.6. The Kier molecular flexibility index (Phi) is 5.94. The van der Waals surface area contributed by atoms with Gasteiger partial charge in [0, 0.05) is 29.7 Å². The lowest BCUT2D eigenvalue weighted by Gasteiger charge is -2.15. The van der Waals surface area contributed by atoms with Crippen molar-refractivity contribution in [2.75, 3.05) is 11.1 Å². The molecule has 29 heavy (non-hydrogen) atoms. The molecule has 0 unspecified atom stereocenters. The smallest absolute Gasteiger partial charge is 0.234 e. The number of aromatic nitrogens is 4. The van der Waals surface area contributed by atoms with Crippen LogP contribution in [-0.4, -0.2) is 31.4 Å². The van der Waals surface area contributed by atoms with E-state index in [0.717, 1.165) is 41.5 Å². The van der Waals surface area contributed by atoms with E-state index in [4.69, 9.17) is 0 Å². The maximum absolute atomic E-state index is 12.6. The second-order valence-electron chi connectivity index (χ2n) is 7.38. The number of nitrogens with zero attached hydrogens (tertiary/aromatic N) is 4. The third kappa shape index (κ3) is 4.50. The van der Waals surface area contributed by atoms with Crippen LogP contribution >= 0.6 is 11.8 Å². The van der Waals surface area contributed by atoms with Gasteiger partial charge >= 0.3 is 0 Å². The predicted octanol–water partition coefficient (Wildman–Crippen LogP) is 4.92. The third-order valence-corrected chi connectivity index (χ3v) is 6.17. The van der Waals surface area contributed by atoms with Gasteiger partial charge in [0.2, 0.25) is 5.91 Å². The van der Waals surface area contributed by atoms with Gasteiger partial charge in [0.25, 0.3) is 0 Å². The Morgan fingerprint density at radius 2 is 1.97 bits per heavy atom. The fourth-order valence-electron chi connectivity index (χ4n) is 3.31. The first-order valence-corrected chi connectivity index (χ1v) is 11.0. The van der Waals surface area contributed by atoms with E-state index in [1.54, 1.807) is 12.4 Å². The van der Waals surface area contributed by atoms with Crippen LogP contribution < -0.4 is 5.32 Å². The average Bonchev–Trinajstić information content (AvgIpc) is 3.51. The zero-order chi connectivity index (χ0) is 20.2. The van der Waals surface area contributed by atoms with Gasteiger partial charge in [-0.1, -0.05) is 43.8 Å². The quantitative estimate of drug-likeness (QED) is 0.537. The molecule has 0 saturated heterocycles. The van der Waals surface area contributed by atoms with Crippen molar-refractivity contribution < 1.29 is 4.79 Å². The summed E-state index contributed by atoms with van der Waals surface area (Å²) in [7, 11) is 0. The maximum Gasteiger partial charge on any atom is 0.234 e. The van der Waals surface area contributed by atoms with Crippen molar-refractivity contribution in [2.45, 2.75) is 50.2 Å². The molecule has 1 N–H and O–H groups in total. The number of hydrogen-bond donors (Lipinski definition) is 1. The Balaban J connectivity index is 1.46. The first-order chi connectivity index (χ1) is 14.2. The molecule has 1 amide bonds. The fraction of sp³-hybridized carbons (Fsp3) is 0.364. The summed E-state index contributed by atoms with van der Waals surface area (Å²) in [6.07, 6.45) is 6.80. The SMILES string of the molecule is CC[C@H](C)c1ccccc1NC(=O)CSc1nnc(-c2ccncc2)n1C1CC1. The molecule has 1 aliphatic carbocycles. The summed E-state index contributed by atoms with van der Waals surface area (Å²) >= 11 is 1.44. The molecule has 0 spiro atoms. The van der Waals surface area contributed by atoms with Crippen molar-refractivity contribution in [3.63, 3.8) is 0 Å². The first kappa shape index (κ1) is 19.6.